The number of nitrogens with zero attached hydrogens (tertiary/aromatic N) is 1. The van der Waals surface area contributed by atoms with E-state index in [0.717, 1.165) is 38.8 Å². The van der Waals surface area contributed by atoms with Gasteiger partial charge in [0.15, 0.2) is 0 Å². The van der Waals surface area contributed by atoms with Crippen molar-refractivity contribution in [1.29, 1.82) is 0 Å². The molecular weight excluding hydrogens is 260 g/mol. The summed E-state index contributed by atoms with van der Waals surface area (Å²) in [5.41, 5.74) is 0.183. The molecule has 19 heavy (non-hydrogen) atoms. The average Bonchev–Trinajstić information content (AvgIpc) is 2.39. The second kappa shape index (κ2) is 5.70. The summed E-state index contributed by atoms with van der Waals surface area (Å²) in [6, 6.07) is 1.02. The monoisotopic (exact) mass is 288 g/mol. The molecule has 4 nitrogen and oxygen atoms in total. The SMILES string of the molecule is CCC1CNC(C)(CC)CN1C1CCS(=O)(=O)CC1. The quantitative estimate of drug-likeness (QED) is 0.853. The van der Waals surface area contributed by atoms with E-state index in [2.05, 4.69) is 31.0 Å². The standard InChI is InChI=1S/C14H28N2O2S/c1-4-12-10-15-14(3,5-2)11-16(12)13-6-8-19(17,18)9-7-13/h12-13,15H,4-11H2,1-3H3. The van der Waals surface area contributed by atoms with Crippen LogP contribution in [0.2, 0.25) is 0 Å². The average molecular weight is 288 g/mol. The van der Waals surface area contributed by atoms with Gasteiger partial charge in [-0.25, -0.2) is 8.42 Å². The van der Waals surface area contributed by atoms with Crippen LogP contribution in [0.4, 0.5) is 0 Å². The summed E-state index contributed by atoms with van der Waals surface area (Å²) in [7, 11) is -2.76. The zero-order valence-corrected chi connectivity index (χ0v) is 13.3. The number of piperazine rings is 1. The third-order valence-corrected chi connectivity index (χ3v) is 6.73. The molecular formula is C14H28N2O2S. The van der Waals surface area contributed by atoms with E-state index in [1.165, 1.54) is 0 Å². The van der Waals surface area contributed by atoms with E-state index in [1.54, 1.807) is 0 Å². The van der Waals surface area contributed by atoms with Crippen LogP contribution >= 0.6 is 0 Å². The smallest absolute Gasteiger partial charge is 0.150 e. The number of sulfone groups is 1. The summed E-state index contributed by atoms with van der Waals surface area (Å²) in [5.74, 6) is 0.752. The number of nitrogens with one attached hydrogen (secondary N) is 1. The number of hydrogen-bond acceptors (Lipinski definition) is 4. The molecule has 0 spiro atoms. The van der Waals surface area contributed by atoms with Crippen molar-refractivity contribution in [1.82, 2.24) is 10.2 Å². The van der Waals surface area contributed by atoms with Crippen LogP contribution in [0.25, 0.3) is 0 Å². The molecule has 0 saturated carbocycles. The number of hydrogen-bond donors (Lipinski definition) is 1. The normalized spacial score (nSPS) is 37.3. The minimum atomic E-state index is -2.76. The van der Waals surface area contributed by atoms with E-state index in [4.69, 9.17) is 0 Å². The van der Waals surface area contributed by atoms with Crippen molar-refractivity contribution >= 4 is 9.84 Å². The van der Waals surface area contributed by atoms with Crippen LogP contribution in [0.5, 0.6) is 0 Å². The van der Waals surface area contributed by atoms with Crippen LogP contribution in [-0.2, 0) is 9.84 Å². The molecule has 2 aliphatic heterocycles. The van der Waals surface area contributed by atoms with E-state index >= 15 is 0 Å². The summed E-state index contributed by atoms with van der Waals surface area (Å²) in [5, 5.41) is 3.67. The molecule has 5 heteroatoms. The van der Waals surface area contributed by atoms with Crippen LogP contribution in [0.15, 0.2) is 0 Å². The Morgan fingerprint density at radius 1 is 1.26 bits per heavy atom. The first-order valence-corrected chi connectivity index (χ1v) is 9.42. The molecule has 0 amide bonds. The summed E-state index contributed by atoms with van der Waals surface area (Å²) >= 11 is 0. The third kappa shape index (κ3) is 3.50. The van der Waals surface area contributed by atoms with Crippen molar-refractivity contribution in [2.45, 2.75) is 64.1 Å². The van der Waals surface area contributed by atoms with Crippen molar-refractivity contribution in [3.63, 3.8) is 0 Å². The Hall–Kier alpha value is -0.130. The first-order chi connectivity index (χ1) is 8.89. The lowest BCUT2D eigenvalue weighted by atomic mass is 9.90. The van der Waals surface area contributed by atoms with Crippen LogP contribution in [0.1, 0.15) is 46.5 Å². The van der Waals surface area contributed by atoms with Crippen molar-refractivity contribution < 1.29 is 8.42 Å². The van der Waals surface area contributed by atoms with E-state index in [0.29, 0.717) is 23.6 Å². The van der Waals surface area contributed by atoms with Gasteiger partial charge in [-0.1, -0.05) is 13.8 Å². The van der Waals surface area contributed by atoms with Crippen LogP contribution in [0, 0.1) is 0 Å². The van der Waals surface area contributed by atoms with Gasteiger partial charge in [0, 0.05) is 30.7 Å². The Balaban J connectivity index is 2.07. The van der Waals surface area contributed by atoms with Gasteiger partial charge in [-0.05, 0) is 32.6 Å². The fourth-order valence-corrected chi connectivity index (χ4v) is 4.79. The van der Waals surface area contributed by atoms with Crippen LogP contribution in [0.3, 0.4) is 0 Å². The maximum Gasteiger partial charge on any atom is 0.150 e. The minimum absolute atomic E-state index is 0.183. The first-order valence-electron chi connectivity index (χ1n) is 7.60. The molecule has 0 bridgehead atoms. The van der Waals surface area contributed by atoms with Gasteiger partial charge in [0.05, 0.1) is 11.5 Å². The van der Waals surface area contributed by atoms with Gasteiger partial charge in [0.1, 0.15) is 9.84 Å². The Bertz CT molecular complexity index is 396. The number of rotatable bonds is 3. The molecule has 2 atom stereocenters. The molecule has 2 unspecified atom stereocenters. The minimum Gasteiger partial charge on any atom is -0.309 e. The predicted molar refractivity (Wildman–Crippen MR) is 79.2 cm³/mol. The van der Waals surface area contributed by atoms with Crippen molar-refractivity contribution in [3.05, 3.63) is 0 Å². The predicted octanol–water partition coefficient (Wildman–Crippen LogP) is 1.42. The lowest BCUT2D eigenvalue weighted by Gasteiger charge is -2.50. The Labute approximate surface area is 117 Å². The molecule has 2 rings (SSSR count). The molecule has 112 valence electrons. The highest BCUT2D eigenvalue weighted by Gasteiger charge is 2.38. The summed E-state index contributed by atoms with van der Waals surface area (Å²) in [4.78, 5) is 2.59. The summed E-state index contributed by atoms with van der Waals surface area (Å²) < 4.78 is 23.2. The maximum atomic E-state index is 11.6. The largest absolute Gasteiger partial charge is 0.309 e. The Morgan fingerprint density at radius 3 is 2.42 bits per heavy atom. The molecule has 0 radical (unpaired) electrons. The molecule has 2 aliphatic rings. The molecule has 0 aromatic carbocycles. The molecule has 0 aliphatic carbocycles. The van der Waals surface area contributed by atoms with Gasteiger partial charge < -0.3 is 5.32 Å². The summed E-state index contributed by atoms with van der Waals surface area (Å²) in [6.45, 7) is 8.82. The fraction of sp³-hybridized carbons (Fsp3) is 1.00. The maximum absolute atomic E-state index is 11.6. The van der Waals surface area contributed by atoms with Crippen LogP contribution in [-0.4, -0.2) is 55.5 Å². The van der Waals surface area contributed by atoms with Crippen molar-refractivity contribution in [2.75, 3.05) is 24.6 Å². The Kier molecular flexibility index (Phi) is 4.58. The van der Waals surface area contributed by atoms with Gasteiger partial charge in [-0.3, -0.25) is 4.90 Å². The van der Waals surface area contributed by atoms with Gasteiger partial charge >= 0.3 is 0 Å². The van der Waals surface area contributed by atoms with Gasteiger partial charge in [-0.15, -0.1) is 0 Å². The molecule has 1 N–H and O–H groups in total. The van der Waals surface area contributed by atoms with Crippen molar-refractivity contribution in [3.8, 4) is 0 Å². The molecule has 0 aromatic rings. The van der Waals surface area contributed by atoms with Gasteiger partial charge in [0.2, 0.25) is 0 Å². The first kappa shape index (κ1) is 15.3. The highest BCUT2D eigenvalue weighted by atomic mass is 32.2. The second-order valence-corrected chi connectivity index (χ2v) is 8.72. The fourth-order valence-electron chi connectivity index (χ4n) is 3.32. The van der Waals surface area contributed by atoms with Gasteiger partial charge in [-0.2, -0.15) is 0 Å². The second-order valence-electron chi connectivity index (χ2n) is 6.41. The molecule has 0 aromatic heterocycles. The van der Waals surface area contributed by atoms with E-state index < -0.39 is 9.84 Å². The van der Waals surface area contributed by atoms with E-state index in [-0.39, 0.29) is 5.54 Å². The highest BCUT2D eigenvalue weighted by molar-refractivity contribution is 7.91. The Morgan fingerprint density at radius 2 is 1.89 bits per heavy atom. The zero-order valence-electron chi connectivity index (χ0n) is 12.5. The van der Waals surface area contributed by atoms with E-state index in [9.17, 15) is 8.42 Å². The summed E-state index contributed by atoms with van der Waals surface area (Å²) in [6.07, 6.45) is 3.89. The van der Waals surface area contributed by atoms with Gasteiger partial charge in [0.25, 0.3) is 0 Å². The van der Waals surface area contributed by atoms with Crippen LogP contribution < -0.4 is 5.32 Å². The third-order valence-electron chi connectivity index (χ3n) is 5.01. The highest BCUT2D eigenvalue weighted by Crippen LogP contribution is 2.27. The topological polar surface area (TPSA) is 49.4 Å². The zero-order chi connectivity index (χ0) is 14.1. The van der Waals surface area contributed by atoms with E-state index in [1.807, 2.05) is 0 Å². The lowest BCUT2D eigenvalue weighted by Crippen LogP contribution is -2.65. The molecule has 2 heterocycles. The lowest BCUT2D eigenvalue weighted by molar-refractivity contribution is 0.0397. The molecule has 2 fully saturated rings. The van der Waals surface area contributed by atoms with Crippen molar-refractivity contribution in [2.24, 2.45) is 0 Å². The molecule has 2 saturated heterocycles.